The Kier molecular flexibility index (Phi) is 7.35. The van der Waals surface area contributed by atoms with Crippen LogP contribution in [0.3, 0.4) is 0 Å². The fourth-order valence-electron chi connectivity index (χ4n) is 5.09. The van der Waals surface area contributed by atoms with Crippen molar-refractivity contribution in [3.8, 4) is 0 Å². The van der Waals surface area contributed by atoms with Crippen molar-refractivity contribution in [1.29, 1.82) is 0 Å². The van der Waals surface area contributed by atoms with Crippen molar-refractivity contribution in [3.63, 3.8) is 0 Å². The molecule has 2 aromatic carbocycles. The molecule has 198 valence electrons. The van der Waals surface area contributed by atoms with Crippen LogP contribution in [0.15, 0.2) is 73.1 Å². The second-order valence-electron chi connectivity index (χ2n) is 9.63. The van der Waals surface area contributed by atoms with Crippen LogP contribution in [0.2, 0.25) is 0 Å². The average molecular weight is 525 g/mol. The predicted molar refractivity (Wildman–Crippen MR) is 138 cm³/mol. The van der Waals surface area contributed by atoms with Gasteiger partial charge < -0.3 is 10.2 Å². The minimum atomic E-state index is -4.31. The van der Waals surface area contributed by atoms with Gasteiger partial charge in [0.2, 0.25) is 0 Å². The highest BCUT2D eigenvalue weighted by Gasteiger charge is 2.30. The number of halogens is 4. The van der Waals surface area contributed by atoms with E-state index in [9.17, 15) is 22.4 Å². The van der Waals surface area contributed by atoms with E-state index in [0.29, 0.717) is 6.54 Å². The summed E-state index contributed by atoms with van der Waals surface area (Å²) in [5.41, 5.74) is 2.80. The van der Waals surface area contributed by atoms with E-state index < -0.39 is 17.6 Å². The fraction of sp³-hybridized carbons (Fsp3) is 0.310. The zero-order chi connectivity index (χ0) is 26.7. The molecule has 0 bridgehead atoms. The number of hydrogen-bond acceptors (Lipinski definition) is 3. The van der Waals surface area contributed by atoms with E-state index in [1.54, 1.807) is 18.3 Å². The molecule has 1 N–H and O–H groups in total. The standard InChI is InChI=1S/C29H28F4N4O/c30-25-6-3-17-37-26(19-34-27(25)37)28(38)35-18-20-7-13-24(14-8-20)36-15-1-4-21(5-2-16-36)22-9-11-23(12-10-22)29(31,32)33/h3,6-14,17,19,21H,1-2,4-5,15-16,18H2,(H,35,38). The van der Waals surface area contributed by atoms with Gasteiger partial charge in [-0.05, 0) is 79.1 Å². The molecule has 0 unspecified atom stereocenters. The van der Waals surface area contributed by atoms with Gasteiger partial charge >= 0.3 is 6.18 Å². The number of amides is 1. The molecule has 1 aliphatic rings. The van der Waals surface area contributed by atoms with Gasteiger partial charge in [0, 0.05) is 31.5 Å². The number of fused-ring (bicyclic) bond motifs is 1. The van der Waals surface area contributed by atoms with Crippen molar-refractivity contribution in [2.45, 2.75) is 44.3 Å². The zero-order valence-corrected chi connectivity index (χ0v) is 20.7. The Morgan fingerprint density at radius 2 is 1.66 bits per heavy atom. The lowest BCUT2D eigenvalue weighted by molar-refractivity contribution is -0.137. The SMILES string of the molecule is O=C(NCc1ccc(N2CCCC(c3ccc(C(F)(F)F)cc3)CCC2)cc1)c1cnc2c(F)cccn12. The number of alkyl halides is 3. The second kappa shape index (κ2) is 10.8. The summed E-state index contributed by atoms with van der Waals surface area (Å²) < 4.78 is 53.9. The first-order valence-corrected chi connectivity index (χ1v) is 12.7. The van der Waals surface area contributed by atoms with E-state index in [2.05, 4.69) is 15.2 Å². The number of carbonyl (C=O) groups excluding carboxylic acids is 1. The largest absolute Gasteiger partial charge is 0.416 e. The van der Waals surface area contributed by atoms with Crippen LogP contribution < -0.4 is 10.2 Å². The van der Waals surface area contributed by atoms with Gasteiger partial charge in [0.05, 0.1) is 11.8 Å². The van der Waals surface area contributed by atoms with Crippen LogP contribution >= 0.6 is 0 Å². The van der Waals surface area contributed by atoms with Crippen molar-refractivity contribution in [1.82, 2.24) is 14.7 Å². The smallest absolute Gasteiger partial charge is 0.372 e. The van der Waals surface area contributed by atoms with Gasteiger partial charge in [0.25, 0.3) is 5.91 Å². The number of anilines is 1. The molecule has 9 heteroatoms. The third kappa shape index (κ3) is 5.66. The van der Waals surface area contributed by atoms with Gasteiger partial charge in [-0.15, -0.1) is 0 Å². The maximum absolute atomic E-state index is 13.8. The van der Waals surface area contributed by atoms with E-state index in [-0.39, 0.29) is 23.2 Å². The van der Waals surface area contributed by atoms with Crippen molar-refractivity contribution in [2.75, 3.05) is 18.0 Å². The Morgan fingerprint density at radius 1 is 0.974 bits per heavy atom. The molecule has 0 radical (unpaired) electrons. The van der Waals surface area contributed by atoms with Crippen LogP contribution in [0.1, 0.15) is 58.8 Å². The van der Waals surface area contributed by atoms with E-state index in [1.165, 1.54) is 34.9 Å². The number of pyridine rings is 1. The molecule has 1 aliphatic heterocycles. The molecule has 5 rings (SSSR count). The Labute approximate surface area is 218 Å². The summed E-state index contributed by atoms with van der Waals surface area (Å²) in [5.74, 6) is -0.546. The minimum absolute atomic E-state index is 0.112. The Balaban J connectivity index is 1.14. The van der Waals surface area contributed by atoms with Gasteiger partial charge in [-0.3, -0.25) is 9.20 Å². The van der Waals surface area contributed by atoms with Crippen molar-refractivity contribution in [2.24, 2.45) is 0 Å². The normalized spacial score (nSPS) is 15.3. The molecule has 1 saturated heterocycles. The summed E-state index contributed by atoms with van der Waals surface area (Å²) in [6, 6.07) is 16.5. The Bertz CT molecular complexity index is 1390. The number of hydrogen-bond donors (Lipinski definition) is 1. The fourth-order valence-corrected chi connectivity index (χ4v) is 5.09. The summed E-state index contributed by atoms with van der Waals surface area (Å²) >= 11 is 0. The van der Waals surface area contributed by atoms with Crippen LogP contribution in [0.4, 0.5) is 23.2 Å². The highest BCUT2D eigenvalue weighted by Crippen LogP contribution is 2.33. The van der Waals surface area contributed by atoms with E-state index >= 15 is 0 Å². The quantitative estimate of drug-likeness (QED) is 0.300. The lowest BCUT2D eigenvalue weighted by Gasteiger charge is -2.30. The van der Waals surface area contributed by atoms with Crippen LogP contribution in [0.5, 0.6) is 0 Å². The summed E-state index contributed by atoms with van der Waals surface area (Å²) in [6.07, 6.45) is 2.41. The highest BCUT2D eigenvalue weighted by atomic mass is 19.4. The third-order valence-electron chi connectivity index (χ3n) is 7.15. The predicted octanol–water partition coefficient (Wildman–Crippen LogP) is 6.59. The maximum atomic E-state index is 13.8. The van der Waals surface area contributed by atoms with Crippen LogP contribution in [-0.4, -0.2) is 28.4 Å². The lowest BCUT2D eigenvalue weighted by atomic mass is 9.88. The number of nitrogens with zero attached hydrogens (tertiary/aromatic N) is 3. The lowest BCUT2D eigenvalue weighted by Crippen LogP contribution is -2.28. The first-order chi connectivity index (χ1) is 18.3. The zero-order valence-electron chi connectivity index (χ0n) is 20.7. The average Bonchev–Trinajstić information content (AvgIpc) is 3.33. The van der Waals surface area contributed by atoms with E-state index in [0.717, 1.165) is 55.6 Å². The van der Waals surface area contributed by atoms with Gasteiger partial charge in [-0.1, -0.05) is 24.3 Å². The van der Waals surface area contributed by atoms with E-state index in [1.807, 2.05) is 24.3 Å². The molecule has 3 heterocycles. The number of benzene rings is 2. The summed E-state index contributed by atoms with van der Waals surface area (Å²) in [4.78, 5) is 18.9. The van der Waals surface area contributed by atoms with Gasteiger partial charge in [-0.2, -0.15) is 13.2 Å². The molecule has 0 spiro atoms. The molecule has 2 aromatic heterocycles. The van der Waals surface area contributed by atoms with Crippen molar-refractivity contribution in [3.05, 3.63) is 101 Å². The molecule has 0 saturated carbocycles. The van der Waals surface area contributed by atoms with Crippen molar-refractivity contribution < 1.29 is 22.4 Å². The number of carbonyl (C=O) groups is 1. The third-order valence-corrected chi connectivity index (χ3v) is 7.15. The number of rotatable bonds is 5. The van der Waals surface area contributed by atoms with Crippen LogP contribution in [0, 0.1) is 5.82 Å². The first kappa shape index (κ1) is 25.8. The maximum Gasteiger partial charge on any atom is 0.416 e. The molecule has 0 aliphatic carbocycles. The number of nitrogens with one attached hydrogen (secondary N) is 1. The van der Waals surface area contributed by atoms with Gasteiger partial charge in [0.1, 0.15) is 5.69 Å². The first-order valence-electron chi connectivity index (χ1n) is 12.7. The number of imidazole rings is 1. The van der Waals surface area contributed by atoms with Crippen LogP contribution in [0.25, 0.3) is 5.65 Å². The highest BCUT2D eigenvalue weighted by molar-refractivity contribution is 5.93. The molecule has 1 fully saturated rings. The molecule has 5 nitrogen and oxygen atoms in total. The van der Waals surface area contributed by atoms with Gasteiger partial charge in [-0.25, -0.2) is 9.37 Å². The second-order valence-corrected chi connectivity index (χ2v) is 9.63. The van der Waals surface area contributed by atoms with E-state index in [4.69, 9.17) is 0 Å². The molecule has 0 atom stereocenters. The molecule has 1 amide bonds. The monoisotopic (exact) mass is 524 g/mol. The summed E-state index contributed by atoms with van der Waals surface area (Å²) in [7, 11) is 0. The van der Waals surface area contributed by atoms with Crippen molar-refractivity contribution >= 4 is 17.2 Å². The van der Waals surface area contributed by atoms with Crippen LogP contribution in [-0.2, 0) is 12.7 Å². The molecule has 4 aromatic rings. The molecular formula is C29H28F4N4O. The Hall–Kier alpha value is -3.88. The molecule has 38 heavy (non-hydrogen) atoms. The number of aromatic nitrogens is 2. The summed E-state index contributed by atoms with van der Waals surface area (Å²) in [5, 5.41) is 2.86. The Morgan fingerprint density at radius 3 is 2.32 bits per heavy atom. The molecular weight excluding hydrogens is 496 g/mol. The van der Waals surface area contributed by atoms with Gasteiger partial charge in [0.15, 0.2) is 11.5 Å². The topological polar surface area (TPSA) is 49.6 Å². The minimum Gasteiger partial charge on any atom is -0.372 e. The summed E-state index contributed by atoms with van der Waals surface area (Å²) in [6.45, 7) is 2.08.